The van der Waals surface area contributed by atoms with Crippen LogP contribution in [0, 0.1) is 5.92 Å². The predicted molar refractivity (Wildman–Crippen MR) is 75.1 cm³/mol. The summed E-state index contributed by atoms with van der Waals surface area (Å²) < 4.78 is 5.90. The molecule has 19 heavy (non-hydrogen) atoms. The van der Waals surface area contributed by atoms with Crippen molar-refractivity contribution in [2.75, 3.05) is 19.7 Å². The fourth-order valence-corrected chi connectivity index (χ4v) is 2.90. The van der Waals surface area contributed by atoms with Crippen LogP contribution < -0.4 is 10.6 Å². The molecule has 2 fully saturated rings. The Kier molecular flexibility index (Phi) is 4.68. The molecule has 5 heteroatoms. The van der Waals surface area contributed by atoms with Gasteiger partial charge in [0, 0.05) is 31.2 Å². The van der Waals surface area contributed by atoms with Crippen LogP contribution in [0.4, 0.5) is 4.79 Å². The summed E-state index contributed by atoms with van der Waals surface area (Å²) >= 11 is 0. The van der Waals surface area contributed by atoms with Crippen LogP contribution in [0.1, 0.15) is 34.1 Å². The maximum Gasteiger partial charge on any atom is 0.315 e. The van der Waals surface area contributed by atoms with Crippen molar-refractivity contribution in [2.24, 2.45) is 5.92 Å². The van der Waals surface area contributed by atoms with E-state index in [0.717, 1.165) is 26.1 Å². The van der Waals surface area contributed by atoms with Gasteiger partial charge in [0.15, 0.2) is 0 Å². The molecule has 0 aromatic rings. The summed E-state index contributed by atoms with van der Waals surface area (Å²) in [6, 6.07) is 0.844. The van der Waals surface area contributed by atoms with Gasteiger partial charge in [0.2, 0.25) is 0 Å². The minimum atomic E-state index is -0.0545. The fraction of sp³-hybridized carbons (Fsp3) is 0.929. The number of carbonyl (C=O) groups excluding carboxylic acids is 1. The number of nitrogens with zero attached hydrogens (tertiary/aromatic N) is 1. The Labute approximate surface area is 116 Å². The average molecular weight is 269 g/mol. The smallest absolute Gasteiger partial charge is 0.315 e. The van der Waals surface area contributed by atoms with Gasteiger partial charge in [-0.3, -0.25) is 4.90 Å². The molecule has 2 aliphatic rings. The van der Waals surface area contributed by atoms with Crippen LogP contribution in [0.25, 0.3) is 0 Å². The molecule has 2 N–H and O–H groups in total. The van der Waals surface area contributed by atoms with Crippen LogP contribution in [0.5, 0.6) is 0 Å². The molecule has 0 radical (unpaired) electrons. The number of fused-ring (bicyclic) bond motifs is 1. The van der Waals surface area contributed by atoms with Gasteiger partial charge < -0.3 is 15.4 Å². The number of rotatable bonds is 3. The number of ether oxygens (including phenoxy) is 1. The zero-order valence-electron chi connectivity index (χ0n) is 12.5. The van der Waals surface area contributed by atoms with Crippen LogP contribution >= 0.6 is 0 Å². The lowest BCUT2D eigenvalue weighted by molar-refractivity contribution is -0.0683. The summed E-state index contributed by atoms with van der Waals surface area (Å²) in [4.78, 5) is 14.2. The van der Waals surface area contributed by atoms with Gasteiger partial charge in [-0.05, 0) is 26.2 Å². The molecule has 2 heterocycles. The van der Waals surface area contributed by atoms with Crippen molar-refractivity contribution in [1.29, 1.82) is 0 Å². The Hall–Kier alpha value is -0.810. The third-order valence-electron chi connectivity index (χ3n) is 3.94. The van der Waals surface area contributed by atoms with Crippen molar-refractivity contribution in [3.63, 3.8) is 0 Å². The second-order valence-electron chi connectivity index (χ2n) is 6.43. The molecule has 5 nitrogen and oxygen atoms in total. The minimum absolute atomic E-state index is 0.0545. The van der Waals surface area contributed by atoms with Gasteiger partial charge in [-0.2, -0.15) is 0 Å². The van der Waals surface area contributed by atoms with E-state index in [1.165, 1.54) is 0 Å². The van der Waals surface area contributed by atoms with Gasteiger partial charge in [0.05, 0.1) is 12.7 Å². The van der Waals surface area contributed by atoms with Gasteiger partial charge >= 0.3 is 6.03 Å². The molecule has 0 spiro atoms. The van der Waals surface area contributed by atoms with Crippen molar-refractivity contribution >= 4 is 6.03 Å². The monoisotopic (exact) mass is 269 g/mol. The van der Waals surface area contributed by atoms with E-state index in [0.29, 0.717) is 18.1 Å². The number of urea groups is 1. The first-order valence-corrected chi connectivity index (χ1v) is 7.38. The highest BCUT2D eigenvalue weighted by molar-refractivity contribution is 5.74. The van der Waals surface area contributed by atoms with E-state index in [4.69, 9.17) is 4.74 Å². The molecule has 2 amide bonds. The van der Waals surface area contributed by atoms with Crippen molar-refractivity contribution in [3.8, 4) is 0 Å². The highest BCUT2D eigenvalue weighted by atomic mass is 16.5. The minimum Gasteiger partial charge on any atom is -0.375 e. The number of morpholine rings is 1. The summed E-state index contributed by atoms with van der Waals surface area (Å²) in [7, 11) is 0. The van der Waals surface area contributed by atoms with Gasteiger partial charge in [-0.25, -0.2) is 4.79 Å². The highest BCUT2D eigenvalue weighted by Crippen LogP contribution is 2.25. The summed E-state index contributed by atoms with van der Waals surface area (Å²) in [5.41, 5.74) is 0. The average Bonchev–Trinajstić information content (AvgIpc) is 2.68. The van der Waals surface area contributed by atoms with E-state index in [9.17, 15) is 4.79 Å². The fourth-order valence-electron chi connectivity index (χ4n) is 2.90. The maximum absolute atomic E-state index is 11.7. The molecular formula is C14H27N3O2. The van der Waals surface area contributed by atoms with Gasteiger partial charge in [-0.15, -0.1) is 0 Å². The Morgan fingerprint density at radius 3 is 2.63 bits per heavy atom. The molecule has 0 unspecified atom stereocenters. The first-order chi connectivity index (χ1) is 8.95. The van der Waals surface area contributed by atoms with Crippen LogP contribution in [0.15, 0.2) is 0 Å². The first kappa shape index (κ1) is 14.6. The summed E-state index contributed by atoms with van der Waals surface area (Å²) in [5.74, 6) is 0.553. The summed E-state index contributed by atoms with van der Waals surface area (Å²) in [6.07, 6.45) is 1.33. The van der Waals surface area contributed by atoms with Gasteiger partial charge in [0.25, 0.3) is 0 Å². The largest absolute Gasteiger partial charge is 0.375 e. The van der Waals surface area contributed by atoms with E-state index in [1.54, 1.807) is 0 Å². The number of carbonyl (C=O) groups is 1. The number of hydrogen-bond donors (Lipinski definition) is 2. The molecule has 0 aromatic carbocycles. The Balaban J connectivity index is 1.81. The van der Waals surface area contributed by atoms with Crippen molar-refractivity contribution < 1.29 is 9.53 Å². The number of nitrogens with one attached hydrogen (secondary N) is 2. The lowest BCUT2D eigenvalue weighted by Gasteiger charge is -2.36. The topological polar surface area (TPSA) is 53.6 Å². The van der Waals surface area contributed by atoms with Crippen LogP contribution in [-0.4, -0.2) is 54.9 Å². The van der Waals surface area contributed by atoms with Gasteiger partial charge in [-0.1, -0.05) is 13.8 Å². The molecule has 2 saturated heterocycles. The van der Waals surface area contributed by atoms with E-state index in [2.05, 4.69) is 29.4 Å². The van der Waals surface area contributed by atoms with Gasteiger partial charge in [0.1, 0.15) is 0 Å². The predicted octanol–water partition coefficient (Wildman–Crippen LogP) is 1.19. The van der Waals surface area contributed by atoms with E-state index < -0.39 is 0 Å². The van der Waals surface area contributed by atoms with E-state index in [-0.39, 0.29) is 18.1 Å². The lowest BCUT2D eigenvalue weighted by Crippen LogP contribution is -2.48. The van der Waals surface area contributed by atoms with Crippen LogP contribution in [0.2, 0.25) is 0 Å². The standard InChI is InChI=1S/C14H27N3O2/c1-9(2)13-7-17-6-11(5-12(17)8-19-13)16-14(18)15-10(3)4/h9-13H,5-8H2,1-4H3,(H2,15,16,18)/t11-,12+,13-/m1/s1. The summed E-state index contributed by atoms with van der Waals surface area (Å²) in [6.45, 7) is 11.1. The van der Waals surface area contributed by atoms with Crippen molar-refractivity contribution in [3.05, 3.63) is 0 Å². The Morgan fingerprint density at radius 2 is 2.00 bits per heavy atom. The number of amides is 2. The quantitative estimate of drug-likeness (QED) is 0.809. The normalized spacial score (nSPS) is 31.6. The molecule has 0 bridgehead atoms. The molecule has 2 rings (SSSR count). The third-order valence-corrected chi connectivity index (χ3v) is 3.94. The summed E-state index contributed by atoms with van der Waals surface area (Å²) in [5, 5.41) is 5.94. The molecule has 2 aliphatic heterocycles. The Morgan fingerprint density at radius 1 is 1.26 bits per heavy atom. The van der Waals surface area contributed by atoms with Crippen molar-refractivity contribution in [1.82, 2.24) is 15.5 Å². The van der Waals surface area contributed by atoms with Crippen LogP contribution in [-0.2, 0) is 4.74 Å². The second kappa shape index (κ2) is 6.09. The lowest BCUT2D eigenvalue weighted by atomic mass is 10.0. The zero-order valence-corrected chi connectivity index (χ0v) is 12.5. The molecular weight excluding hydrogens is 242 g/mol. The molecule has 110 valence electrons. The molecule has 0 aromatic heterocycles. The maximum atomic E-state index is 11.7. The molecule has 0 aliphatic carbocycles. The zero-order chi connectivity index (χ0) is 14.0. The molecule has 3 atom stereocenters. The van der Waals surface area contributed by atoms with Crippen LogP contribution in [0.3, 0.4) is 0 Å². The molecule has 0 saturated carbocycles. The van der Waals surface area contributed by atoms with E-state index >= 15 is 0 Å². The second-order valence-corrected chi connectivity index (χ2v) is 6.43. The van der Waals surface area contributed by atoms with E-state index in [1.807, 2.05) is 13.8 Å². The Bertz CT molecular complexity index is 320. The first-order valence-electron chi connectivity index (χ1n) is 7.38. The highest BCUT2D eigenvalue weighted by Gasteiger charge is 2.38. The number of hydrogen-bond acceptors (Lipinski definition) is 3. The van der Waals surface area contributed by atoms with Crippen molar-refractivity contribution in [2.45, 2.75) is 58.3 Å². The third kappa shape index (κ3) is 3.83. The SMILES string of the molecule is CC(C)NC(=O)N[C@@H]1C[C@H]2CO[C@@H](C(C)C)CN2C1.